The Morgan fingerprint density at radius 1 is 1.17 bits per heavy atom. The van der Waals surface area contributed by atoms with E-state index in [9.17, 15) is 17.6 Å². The molecule has 94 valence electrons. The van der Waals surface area contributed by atoms with Crippen LogP contribution in [-0.2, 0) is 0 Å². The summed E-state index contributed by atoms with van der Waals surface area (Å²) in [6, 6.07) is 1.81. The van der Waals surface area contributed by atoms with Gasteiger partial charge in [-0.25, -0.2) is 8.78 Å². The van der Waals surface area contributed by atoms with Crippen molar-refractivity contribution in [3.63, 3.8) is 0 Å². The molecular weight excluding hydrogens is 252 g/mol. The molecule has 7 heteroatoms. The van der Waals surface area contributed by atoms with Gasteiger partial charge in [0.05, 0.1) is 0 Å². The number of hydrogen-bond acceptors (Lipinski definition) is 3. The summed E-state index contributed by atoms with van der Waals surface area (Å²) in [7, 11) is 0. The number of rotatable bonds is 3. The molecule has 0 saturated heterocycles. The van der Waals surface area contributed by atoms with E-state index < -0.39 is 24.0 Å². The normalized spacial score (nSPS) is 10.9. The Morgan fingerprint density at radius 3 is 2.22 bits per heavy atom. The van der Waals surface area contributed by atoms with Crippen molar-refractivity contribution in [3.05, 3.63) is 41.8 Å². The summed E-state index contributed by atoms with van der Waals surface area (Å²) in [5.41, 5.74) is -0.428. The lowest BCUT2D eigenvalue weighted by Gasteiger charge is -2.01. The Bertz CT molecular complexity index is 571. The lowest BCUT2D eigenvalue weighted by atomic mass is 10.1. The number of hydrogen-bond donors (Lipinski definition) is 0. The van der Waals surface area contributed by atoms with Crippen molar-refractivity contribution in [3.8, 4) is 11.5 Å². The molecule has 2 rings (SSSR count). The zero-order valence-electron chi connectivity index (χ0n) is 8.83. The van der Waals surface area contributed by atoms with E-state index in [0.717, 1.165) is 18.2 Å². The lowest BCUT2D eigenvalue weighted by molar-refractivity contribution is 0.116. The molecule has 0 atom stereocenters. The van der Waals surface area contributed by atoms with Gasteiger partial charge in [-0.1, -0.05) is 12.7 Å². The van der Waals surface area contributed by atoms with Gasteiger partial charge >= 0.3 is 6.43 Å². The SMILES string of the molecule is C=Cc1c(F)cc(-c2nnc(C(F)F)o2)cc1F. The highest BCUT2D eigenvalue weighted by molar-refractivity contribution is 5.59. The fourth-order valence-electron chi connectivity index (χ4n) is 1.34. The Hall–Kier alpha value is -2.18. The predicted octanol–water partition coefficient (Wildman–Crippen LogP) is 3.60. The maximum absolute atomic E-state index is 13.4. The molecule has 0 bridgehead atoms. The fraction of sp³-hybridized carbons (Fsp3) is 0.0909. The van der Waals surface area contributed by atoms with Crippen molar-refractivity contribution < 1.29 is 22.0 Å². The topological polar surface area (TPSA) is 38.9 Å². The van der Waals surface area contributed by atoms with Crippen molar-refractivity contribution in [2.75, 3.05) is 0 Å². The first-order valence-corrected chi connectivity index (χ1v) is 4.76. The monoisotopic (exact) mass is 258 g/mol. The summed E-state index contributed by atoms with van der Waals surface area (Å²) in [5.74, 6) is -3.06. The molecule has 1 aromatic carbocycles. The van der Waals surface area contributed by atoms with E-state index in [4.69, 9.17) is 0 Å². The number of nitrogens with zero attached hydrogens (tertiary/aromatic N) is 2. The first-order valence-electron chi connectivity index (χ1n) is 4.76. The van der Waals surface area contributed by atoms with Crippen LogP contribution in [-0.4, -0.2) is 10.2 Å². The van der Waals surface area contributed by atoms with E-state index in [1.54, 1.807) is 0 Å². The summed E-state index contributed by atoms with van der Waals surface area (Å²) >= 11 is 0. The van der Waals surface area contributed by atoms with Crippen LogP contribution in [0, 0.1) is 11.6 Å². The maximum atomic E-state index is 13.4. The van der Waals surface area contributed by atoms with E-state index in [1.807, 2.05) is 0 Å². The minimum Gasteiger partial charge on any atom is -0.415 e. The lowest BCUT2D eigenvalue weighted by Crippen LogP contribution is -1.90. The maximum Gasteiger partial charge on any atom is 0.314 e. The molecule has 0 fully saturated rings. The first-order chi connectivity index (χ1) is 8.52. The average Bonchev–Trinajstić information content (AvgIpc) is 2.77. The molecule has 1 aromatic heterocycles. The summed E-state index contributed by atoms with van der Waals surface area (Å²) in [4.78, 5) is 0. The molecule has 0 unspecified atom stereocenters. The number of benzene rings is 1. The fourth-order valence-corrected chi connectivity index (χ4v) is 1.34. The molecule has 0 aliphatic rings. The second kappa shape index (κ2) is 4.59. The smallest absolute Gasteiger partial charge is 0.314 e. The van der Waals surface area contributed by atoms with E-state index >= 15 is 0 Å². The highest BCUT2D eigenvalue weighted by Crippen LogP contribution is 2.26. The highest BCUT2D eigenvalue weighted by atomic mass is 19.3. The van der Waals surface area contributed by atoms with Gasteiger partial charge in [-0.2, -0.15) is 8.78 Å². The number of alkyl halides is 2. The summed E-state index contributed by atoms with van der Waals surface area (Å²) in [6.45, 7) is 3.25. The van der Waals surface area contributed by atoms with Crippen molar-refractivity contribution in [1.82, 2.24) is 10.2 Å². The third-order valence-electron chi connectivity index (χ3n) is 2.16. The molecular formula is C11H6F4N2O. The highest BCUT2D eigenvalue weighted by Gasteiger charge is 2.18. The van der Waals surface area contributed by atoms with Crippen LogP contribution in [0.25, 0.3) is 17.5 Å². The van der Waals surface area contributed by atoms with Crippen molar-refractivity contribution in [2.45, 2.75) is 6.43 Å². The van der Waals surface area contributed by atoms with Crippen LogP contribution >= 0.6 is 0 Å². The van der Waals surface area contributed by atoms with Crippen molar-refractivity contribution >= 4 is 6.08 Å². The van der Waals surface area contributed by atoms with Gasteiger partial charge in [-0.05, 0) is 12.1 Å². The predicted molar refractivity (Wildman–Crippen MR) is 54.7 cm³/mol. The summed E-state index contributed by atoms with van der Waals surface area (Å²) < 4.78 is 55.8. The standard InChI is InChI=1S/C11H6F4N2O/c1-2-6-7(12)3-5(4-8(6)13)10-16-17-11(18-10)9(14)15/h2-4,9H,1H2. The van der Waals surface area contributed by atoms with E-state index in [0.29, 0.717) is 0 Å². The second-order valence-electron chi connectivity index (χ2n) is 3.30. The summed E-state index contributed by atoms with van der Waals surface area (Å²) in [6.07, 6.45) is -1.93. The molecule has 2 aromatic rings. The first kappa shape index (κ1) is 12.3. The van der Waals surface area contributed by atoms with Crippen LogP contribution < -0.4 is 0 Å². The van der Waals surface area contributed by atoms with E-state index in [2.05, 4.69) is 21.2 Å². The Kier molecular flexibility index (Phi) is 3.14. The molecule has 0 radical (unpaired) electrons. The van der Waals surface area contributed by atoms with Crippen LogP contribution in [0.2, 0.25) is 0 Å². The molecule has 0 aliphatic carbocycles. The quantitative estimate of drug-likeness (QED) is 0.789. The van der Waals surface area contributed by atoms with Crippen LogP contribution in [0.1, 0.15) is 17.9 Å². The van der Waals surface area contributed by atoms with Crippen LogP contribution in [0.5, 0.6) is 0 Å². The molecule has 0 N–H and O–H groups in total. The minimum absolute atomic E-state index is 0.116. The van der Waals surface area contributed by atoms with Crippen molar-refractivity contribution in [2.24, 2.45) is 0 Å². The Morgan fingerprint density at radius 2 is 1.78 bits per heavy atom. The third kappa shape index (κ3) is 2.11. The van der Waals surface area contributed by atoms with E-state index in [1.165, 1.54) is 0 Å². The molecule has 0 saturated carbocycles. The van der Waals surface area contributed by atoms with Crippen LogP contribution in [0.3, 0.4) is 0 Å². The molecule has 1 heterocycles. The van der Waals surface area contributed by atoms with Gasteiger partial charge in [0, 0.05) is 11.1 Å². The Labute approximate surface area is 98.8 Å². The van der Waals surface area contributed by atoms with Gasteiger partial charge in [0.25, 0.3) is 5.89 Å². The van der Waals surface area contributed by atoms with Gasteiger partial charge in [0.2, 0.25) is 5.89 Å². The van der Waals surface area contributed by atoms with Gasteiger partial charge in [-0.15, -0.1) is 10.2 Å². The number of aromatic nitrogens is 2. The molecule has 0 aliphatic heterocycles. The Balaban J connectivity index is 2.47. The van der Waals surface area contributed by atoms with E-state index in [-0.39, 0.29) is 17.0 Å². The van der Waals surface area contributed by atoms with Crippen LogP contribution in [0.4, 0.5) is 17.6 Å². The number of halogens is 4. The molecule has 18 heavy (non-hydrogen) atoms. The third-order valence-corrected chi connectivity index (χ3v) is 2.16. The summed E-state index contributed by atoms with van der Waals surface area (Å²) in [5, 5.41) is 6.35. The largest absolute Gasteiger partial charge is 0.415 e. The zero-order valence-corrected chi connectivity index (χ0v) is 8.83. The molecule has 0 spiro atoms. The van der Waals surface area contributed by atoms with Crippen LogP contribution in [0.15, 0.2) is 23.1 Å². The van der Waals surface area contributed by atoms with Gasteiger partial charge < -0.3 is 4.42 Å². The second-order valence-corrected chi connectivity index (χ2v) is 3.30. The van der Waals surface area contributed by atoms with Gasteiger partial charge in [-0.3, -0.25) is 0 Å². The zero-order chi connectivity index (χ0) is 13.3. The minimum atomic E-state index is -2.94. The van der Waals surface area contributed by atoms with Gasteiger partial charge in [0.15, 0.2) is 0 Å². The average molecular weight is 258 g/mol. The molecule has 3 nitrogen and oxygen atoms in total. The molecule has 0 amide bonds. The van der Waals surface area contributed by atoms with Crippen molar-refractivity contribution in [1.29, 1.82) is 0 Å². The van der Waals surface area contributed by atoms with Gasteiger partial charge in [0.1, 0.15) is 11.6 Å².